The van der Waals surface area contributed by atoms with Gasteiger partial charge in [-0.05, 0) is 18.6 Å². The summed E-state index contributed by atoms with van der Waals surface area (Å²) in [6.07, 6.45) is 2.91. The van der Waals surface area contributed by atoms with E-state index in [2.05, 4.69) is 6.92 Å². The molecule has 0 saturated heterocycles. The van der Waals surface area contributed by atoms with Gasteiger partial charge >= 0.3 is 5.97 Å². The van der Waals surface area contributed by atoms with Crippen molar-refractivity contribution in [2.45, 2.75) is 33.1 Å². The van der Waals surface area contributed by atoms with Crippen LogP contribution < -0.4 is 14.2 Å². The van der Waals surface area contributed by atoms with E-state index in [9.17, 15) is 9.59 Å². The van der Waals surface area contributed by atoms with Gasteiger partial charge in [-0.25, -0.2) is 0 Å². The first kappa shape index (κ1) is 22.6. The minimum absolute atomic E-state index is 0.193. The fourth-order valence-corrected chi connectivity index (χ4v) is 2.82. The highest BCUT2D eigenvalue weighted by Crippen LogP contribution is 2.38. The molecule has 0 radical (unpaired) electrons. The Hall–Kier alpha value is -2.44. The van der Waals surface area contributed by atoms with E-state index in [0.29, 0.717) is 29.4 Å². The number of carbonyl (C=O) groups excluding carboxylic acids is 2. The molecule has 27 heavy (non-hydrogen) atoms. The first-order valence-corrected chi connectivity index (χ1v) is 9.10. The number of rotatable bonds is 11. The predicted octanol–water partition coefficient (Wildman–Crippen LogP) is 3.15. The molecule has 7 nitrogen and oxygen atoms in total. The highest BCUT2D eigenvalue weighted by Gasteiger charge is 2.24. The number of hydrogen-bond acceptors (Lipinski definition) is 6. The predicted molar refractivity (Wildman–Crippen MR) is 103 cm³/mol. The molecule has 0 aliphatic rings. The lowest BCUT2D eigenvalue weighted by molar-refractivity contribution is -0.145. The highest BCUT2D eigenvalue weighted by atomic mass is 16.5. The van der Waals surface area contributed by atoms with Gasteiger partial charge in [0.2, 0.25) is 5.75 Å². The molecule has 1 atom stereocenters. The molecule has 0 N–H and O–H groups in total. The maximum Gasteiger partial charge on any atom is 0.310 e. The summed E-state index contributed by atoms with van der Waals surface area (Å²) in [5.41, 5.74) is 0.415. The van der Waals surface area contributed by atoms with Crippen molar-refractivity contribution in [2.75, 3.05) is 41.5 Å². The zero-order chi connectivity index (χ0) is 20.4. The molecule has 0 saturated carbocycles. The number of methoxy groups -OCH3 is 4. The summed E-state index contributed by atoms with van der Waals surface area (Å²) in [5, 5.41) is 0. The molecule has 0 spiro atoms. The van der Waals surface area contributed by atoms with Gasteiger partial charge in [0.25, 0.3) is 5.91 Å². The topological polar surface area (TPSA) is 74.3 Å². The van der Waals surface area contributed by atoms with Crippen LogP contribution in [0.1, 0.15) is 43.5 Å². The molecule has 0 aliphatic heterocycles. The van der Waals surface area contributed by atoms with Crippen LogP contribution in [-0.4, -0.2) is 58.3 Å². The van der Waals surface area contributed by atoms with Gasteiger partial charge in [-0.15, -0.1) is 0 Å². The normalized spacial score (nSPS) is 11.5. The largest absolute Gasteiger partial charge is 0.493 e. The Kier molecular flexibility index (Phi) is 9.47. The smallest absolute Gasteiger partial charge is 0.310 e. The van der Waals surface area contributed by atoms with Crippen molar-refractivity contribution < 1.29 is 28.5 Å². The van der Waals surface area contributed by atoms with E-state index in [-0.39, 0.29) is 18.4 Å². The van der Waals surface area contributed by atoms with Crippen LogP contribution >= 0.6 is 0 Å². The summed E-state index contributed by atoms with van der Waals surface area (Å²) in [7, 11) is 5.87. The highest BCUT2D eigenvalue weighted by molar-refractivity contribution is 5.96. The van der Waals surface area contributed by atoms with Crippen molar-refractivity contribution in [3.05, 3.63) is 17.7 Å². The molecule has 1 rings (SSSR count). The molecular weight excluding hydrogens is 350 g/mol. The first-order chi connectivity index (χ1) is 12.9. The van der Waals surface area contributed by atoms with Crippen LogP contribution in [0, 0.1) is 5.92 Å². The van der Waals surface area contributed by atoms with Crippen molar-refractivity contribution >= 4 is 11.9 Å². The second kappa shape index (κ2) is 11.3. The number of hydrogen-bond donors (Lipinski definition) is 0. The summed E-state index contributed by atoms with van der Waals surface area (Å²) < 4.78 is 20.8. The minimum Gasteiger partial charge on any atom is -0.493 e. The van der Waals surface area contributed by atoms with E-state index in [1.807, 2.05) is 0 Å². The summed E-state index contributed by atoms with van der Waals surface area (Å²) >= 11 is 0. The lowest BCUT2D eigenvalue weighted by Crippen LogP contribution is -2.38. The lowest BCUT2D eigenvalue weighted by Gasteiger charge is -2.26. The molecule has 0 heterocycles. The van der Waals surface area contributed by atoms with Gasteiger partial charge in [-0.2, -0.15) is 0 Å². The van der Waals surface area contributed by atoms with E-state index in [1.54, 1.807) is 24.0 Å². The van der Waals surface area contributed by atoms with Gasteiger partial charge in [0.15, 0.2) is 11.5 Å². The van der Waals surface area contributed by atoms with Crippen molar-refractivity contribution in [1.29, 1.82) is 0 Å². The number of benzene rings is 1. The van der Waals surface area contributed by atoms with Crippen molar-refractivity contribution in [3.63, 3.8) is 0 Å². The van der Waals surface area contributed by atoms with E-state index in [1.165, 1.54) is 28.4 Å². The van der Waals surface area contributed by atoms with Crippen LogP contribution in [0.4, 0.5) is 0 Å². The fourth-order valence-electron chi connectivity index (χ4n) is 2.82. The van der Waals surface area contributed by atoms with Crippen molar-refractivity contribution in [1.82, 2.24) is 4.90 Å². The van der Waals surface area contributed by atoms with E-state index < -0.39 is 5.92 Å². The van der Waals surface area contributed by atoms with Gasteiger partial charge in [0.1, 0.15) is 0 Å². The Balaban J connectivity index is 3.17. The number of ether oxygens (including phenoxy) is 4. The lowest BCUT2D eigenvalue weighted by atomic mass is 10.1. The van der Waals surface area contributed by atoms with Gasteiger partial charge in [-0.3, -0.25) is 9.59 Å². The van der Waals surface area contributed by atoms with E-state index in [4.69, 9.17) is 18.9 Å². The molecular formula is C20H31NO6. The summed E-state index contributed by atoms with van der Waals surface area (Å²) in [6.45, 7) is 4.69. The molecule has 1 unspecified atom stereocenters. The number of nitrogens with zero attached hydrogens (tertiary/aromatic N) is 1. The summed E-state index contributed by atoms with van der Waals surface area (Å²) in [6, 6.07) is 3.25. The molecule has 0 fully saturated rings. The van der Waals surface area contributed by atoms with Gasteiger partial charge < -0.3 is 23.8 Å². The molecule has 1 aromatic rings. The van der Waals surface area contributed by atoms with E-state index in [0.717, 1.165) is 19.3 Å². The maximum atomic E-state index is 13.1. The summed E-state index contributed by atoms with van der Waals surface area (Å²) in [4.78, 5) is 26.6. The van der Waals surface area contributed by atoms with Crippen molar-refractivity contribution in [2.24, 2.45) is 5.92 Å². The van der Waals surface area contributed by atoms with Gasteiger partial charge in [0, 0.05) is 18.7 Å². The number of carbonyl (C=O) groups is 2. The Morgan fingerprint density at radius 3 is 2.04 bits per heavy atom. The quantitative estimate of drug-likeness (QED) is 0.433. The Bertz CT molecular complexity index is 606. The second-order valence-electron chi connectivity index (χ2n) is 6.30. The van der Waals surface area contributed by atoms with E-state index >= 15 is 0 Å². The van der Waals surface area contributed by atoms with Crippen molar-refractivity contribution in [3.8, 4) is 17.2 Å². The van der Waals surface area contributed by atoms with Crippen LogP contribution in [0.3, 0.4) is 0 Å². The average molecular weight is 381 g/mol. The van der Waals surface area contributed by atoms with Gasteiger partial charge in [0.05, 0.1) is 34.4 Å². The third kappa shape index (κ3) is 6.05. The zero-order valence-corrected chi connectivity index (χ0v) is 17.2. The van der Waals surface area contributed by atoms with Crippen LogP contribution in [0.15, 0.2) is 12.1 Å². The number of esters is 1. The second-order valence-corrected chi connectivity index (χ2v) is 6.30. The third-order valence-corrected chi connectivity index (χ3v) is 4.33. The van der Waals surface area contributed by atoms with Crippen LogP contribution in [0.25, 0.3) is 0 Å². The monoisotopic (exact) mass is 381 g/mol. The molecule has 152 valence electrons. The number of amides is 1. The molecule has 1 amide bonds. The minimum atomic E-state index is -0.414. The SMILES string of the molecule is CCCCCN(CC(C)C(=O)OC)C(=O)c1cc(OC)c(OC)c(OC)c1. The summed E-state index contributed by atoms with van der Waals surface area (Å²) in [5.74, 6) is 0.304. The Morgan fingerprint density at radius 2 is 1.59 bits per heavy atom. The molecule has 7 heteroatoms. The Morgan fingerprint density at radius 1 is 1.00 bits per heavy atom. The van der Waals surface area contributed by atoms with Gasteiger partial charge in [-0.1, -0.05) is 26.7 Å². The molecule has 0 bridgehead atoms. The molecule has 0 aliphatic carbocycles. The maximum absolute atomic E-state index is 13.1. The van der Waals surface area contributed by atoms with Crippen LogP contribution in [-0.2, 0) is 9.53 Å². The number of unbranched alkanes of at least 4 members (excludes halogenated alkanes) is 2. The molecule has 1 aromatic carbocycles. The molecule has 0 aromatic heterocycles. The fraction of sp³-hybridized carbons (Fsp3) is 0.600. The van der Waals surface area contributed by atoms with Crippen LogP contribution in [0.2, 0.25) is 0 Å². The Labute approximate surface area is 161 Å². The average Bonchev–Trinajstić information content (AvgIpc) is 2.70. The van der Waals surface area contributed by atoms with Crippen LogP contribution in [0.5, 0.6) is 17.2 Å². The zero-order valence-electron chi connectivity index (χ0n) is 17.2. The third-order valence-electron chi connectivity index (χ3n) is 4.33. The first-order valence-electron chi connectivity index (χ1n) is 9.10. The standard InChI is InChI=1S/C20H31NO6/c1-7-8-9-10-21(13-14(2)20(23)27-6)19(22)15-11-16(24-3)18(26-5)17(12-15)25-4/h11-12,14H,7-10,13H2,1-6H3.